The highest BCUT2D eigenvalue weighted by molar-refractivity contribution is 7.89. The molecular weight excluding hydrogens is 280 g/mol. The number of aliphatic carboxylic acids is 1. The van der Waals surface area contributed by atoms with Crippen molar-refractivity contribution in [1.82, 2.24) is 4.31 Å². The SMILES string of the molecule is N#CCc1ccc(S(=O)(=O)N2CCCC2C(=O)O)cc1. The third-order valence-corrected chi connectivity index (χ3v) is 5.22. The minimum Gasteiger partial charge on any atom is -0.480 e. The topological polar surface area (TPSA) is 98.5 Å². The smallest absolute Gasteiger partial charge is 0.322 e. The number of nitriles is 1. The van der Waals surface area contributed by atoms with Gasteiger partial charge in [0.2, 0.25) is 10.0 Å². The summed E-state index contributed by atoms with van der Waals surface area (Å²) in [4.78, 5) is 11.1. The van der Waals surface area contributed by atoms with E-state index in [0.29, 0.717) is 12.8 Å². The molecule has 1 heterocycles. The maximum atomic E-state index is 12.4. The lowest BCUT2D eigenvalue weighted by molar-refractivity contribution is -0.140. The zero-order valence-corrected chi connectivity index (χ0v) is 11.5. The van der Waals surface area contributed by atoms with Crippen LogP contribution < -0.4 is 0 Å². The molecule has 0 saturated carbocycles. The van der Waals surface area contributed by atoms with Crippen LogP contribution in [0.25, 0.3) is 0 Å². The standard InChI is InChI=1S/C13H14N2O4S/c14-8-7-10-3-5-11(6-4-10)20(18,19)15-9-1-2-12(15)13(16)17/h3-6,12H,1-2,7,9H2,(H,16,17). The maximum absolute atomic E-state index is 12.4. The predicted molar refractivity (Wildman–Crippen MR) is 70.3 cm³/mol. The third-order valence-electron chi connectivity index (χ3n) is 3.30. The molecule has 1 aliphatic rings. The van der Waals surface area contributed by atoms with E-state index >= 15 is 0 Å². The molecule has 2 rings (SSSR count). The predicted octanol–water partition coefficient (Wildman–Crippen LogP) is 0.990. The minimum absolute atomic E-state index is 0.0624. The van der Waals surface area contributed by atoms with E-state index in [-0.39, 0.29) is 17.9 Å². The molecule has 1 N–H and O–H groups in total. The first kappa shape index (κ1) is 14.5. The van der Waals surface area contributed by atoms with Gasteiger partial charge in [-0.3, -0.25) is 4.79 Å². The van der Waals surface area contributed by atoms with Gasteiger partial charge < -0.3 is 5.11 Å². The van der Waals surface area contributed by atoms with Crippen molar-refractivity contribution in [3.05, 3.63) is 29.8 Å². The van der Waals surface area contributed by atoms with Gasteiger partial charge in [-0.1, -0.05) is 12.1 Å². The van der Waals surface area contributed by atoms with E-state index < -0.39 is 22.0 Å². The molecule has 1 unspecified atom stereocenters. The van der Waals surface area contributed by atoms with Crippen LogP contribution in [0.2, 0.25) is 0 Å². The van der Waals surface area contributed by atoms with E-state index in [1.807, 2.05) is 6.07 Å². The molecule has 0 amide bonds. The Hall–Kier alpha value is -1.91. The third kappa shape index (κ3) is 2.66. The fourth-order valence-corrected chi connectivity index (χ4v) is 3.93. The van der Waals surface area contributed by atoms with E-state index in [0.717, 1.165) is 9.87 Å². The van der Waals surface area contributed by atoms with Crippen LogP contribution in [0.3, 0.4) is 0 Å². The summed E-state index contributed by atoms with van der Waals surface area (Å²) in [6.45, 7) is 0.221. The van der Waals surface area contributed by atoms with Gasteiger partial charge in [-0.15, -0.1) is 0 Å². The Morgan fingerprint density at radius 3 is 2.60 bits per heavy atom. The molecule has 1 fully saturated rings. The van der Waals surface area contributed by atoms with Gasteiger partial charge in [-0.05, 0) is 30.5 Å². The summed E-state index contributed by atoms with van der Waals surface area (Å²) < 4.78 is 25.9. The number of nitrogens with zero attached hydrogens (tertiary/aromatic N) is 2. The number of carbonyl (C=O) groups is 1. The van der Waals surface area contributed by atoms with Gasteiger partial charge in [0.1, 0.15) is 6.04 Å². The summed E-state index contributed by atoms with van der Waals surface area (Å²) in [5, 5.41) is 17.6. The zero-order valence-electron chi connectivity index (χ0n) is 10.7. The summed E-state index contributed by atoms with van der Waals surface area (Å²) in [5.41, 5.74) is 0.725. The van der Waals surface area contributed by atoms with Crippen LogP contribution in [0.15, 0.2) is 29.2 Å². The number of sulfonamides is 1. The lowest BCUT2D eigenvalue weighted by atomic mass is 10.2. The fraction of sp³-hybridized carbons (Fsp3) is 0.385. The first-order valence-corrected chi connectivity index (χ1v) is 7.61. The maximum Gasteiger partial charge on any atom is 0.322 e. The average Bonchev–Trinajstić information content (AvgIpc) is 2.90. The average molecular weight is 294 g/mol. The molecule has 0 spiro atoms. The van der Waals surface area contributed by atoms with Crippen molar-refractivity contribution in [1.29, 1.82) is 5.26 Å². The Morgan fingerprint density at radius 1 is 1.40 bits per heavy atom. The summed E-state index contributed by atoms with van der Waals surface area (Å²) in [6.07, 6.45) is 1.09. The molecule has 0 bridgehead atoms. The summed E-state index contributed by atoms with van der Waals surface area (Å²) in [7, 11) is -3.80. The van der Waals surface area contributed by atoms with E-state index in [1.165, 1.54) is 12.1 Å². The lowest BCUT2D eigenvalue weighted by Crippen LogP contribution is -2.40. The summed E-state index contributed by atoms with van der Waals surface area (Å²) in [5.74, 6) is -1.12. The van der Waals surface area contributed by atoms with Crippen molar-refractivity contribution in [2.75, 3.05) is 6.54 Å². The number of carboxylic acid groups (broad SMARTS) is 1. The van der Waals surface area contributed by atoms with E-state index in [2.05, 4.69) is 0 Å². The molecule has 106 valence electrons. The highest BCUT2D eigenvalue weighted by Gasteiger charge is 2.39. The fourth-order valence-electron chi connectivity index (χ4n) is 2.28. The van der Waals surface area contributed by atoms with Crippen LogP contribution in [-0.4, -0.2) is 36.4 Å². The molecule has 0 aromatic heterocycles. The van der Waals surface area contributed by atoms with Crippen molar-refractivity contribution < 1.29 is 18.3 Å². The Kier molecular flexibility index (Phi) is 4.06. The number of carboxylic acids is 1. The van der Waals surface area contributed by atoms with Gasteiger partial charge in [-0.2, -0.15) is 9.57 Å². The summed E-state index contributed by atoms with van der Waals surface area (Å²) in [6, 6.07) is 6.97. The molecule has 0 aliphatic carbocycles. The second-order valence-electron chi connectivity index (χ2n) is 4.59. The molecule has 1 aromatic carbocycles. The van der Waals surface area contributed by atoms with Crippen molar-refractivity contribution in [2.45, 2.75) is 30.2 Å². The van der Waals surface area contributed by atoms with Crippen molar-refractivity contribution in [2.24, 2.45) is 0 Å². The van der Waals surface area contributed by atoms with E-state index in [1.54, 1.807) is 12.1 Å². The lowest BCUT2D eigenvalue weighted by Gasteiger charge is -2.20. The molecule has 1 aliphatic heterocycles. The molecular formula is C13H14N2O4S. The molecule has 7 heteroatoms. The van der Waals surface area contributed by atoms with Crippen molar-refractivity contribution in [3.63, 3.8) is 0 Å². The second-order valence-corrected chi connectivity index (χ2v) is 6.48. The number of hydrogen-bond donors (Lipinski definition) is 1. The van der Waals surface area contributed by atoms with Crippen LogP contribution >= 0.6 is 0 Å². The minimum atomic E-state index is -3.80. The number of rotatable bonds is 4. The Labute approximate surface area is 117 Å². The Bertz CT molecular complexity index is 646. The molecule has 1 aromatic rings. The van der Waals surface area contributed by atoms with Crippen LogP contribution in [0, 0.1) is 11.3 Å². The van der Waals surface area contributed by atoms with Crippen LogP contribution in [-0.2, 0) is 21.2 Å². The van der Waals surface area contributed by atoms with Gasteiger partial charge in [-0.25, -0.2) is 8.42 Å². The van der Waals surface area contributed by atoms with Gasteiger partial charge >= 0.3 is 5.97 Å². The van der Waals surface area contributed by atoms with Gasteiger partial charge in [0, 0.05) is 6.54 Å². The second kappa shape index (κ2) is 5.61. The Morgan fingerprint density at radius 2 is 2.05 bits per heavy atom. The summed E-state index contributed by atoms with van der Waals surface area (Å²) >= 11 is 0. The Balaban J connectivity index is 2.30. The quantitative estimate of drug-likeness (QED) is 0.892. The van der Waals surface area contributed by atoms with E-state index in [4.69, 9.17) is 10.4 Å². The number of benzene rings is 1. The first-order valence-electron chi connectivity index (χ1n) is 6.17. The molecule has 6 nitrogen and oxygen atoms in total. The highest BCUT2D eigenvalue weighted by atomic mass is 32.2. The monoisotopic (exact) mass is 294 g/mol. The normalized spacial score (nSPS) is 19.6. The number of hydrogen-bond acceptors (Lipinski definition) is 4. The van der Waals surface area contributed by atoms with Crippen LogP contribution in [0.5, 0.6) is 0 Å². The van der Waals surface area contributed by atoms with Crippen LogP contribution in [0.1, 0.15) is 18.4 Å². The van der Waals surface area contributed by atoms with Gasteiger partial charge in [0.05, 0.1) is 17.4 Å². The van der Waals surface area contributed by atoms with E-state index in [9.17, 15) is 13.2 Å². The van der Waals surface area contributed by atoms with Gasteiger partial charge in [0.15, 0.2) is 0 Å². The highest BCUT2D eigenvalue weighted by Crippen LogP contribution is 2.26. The molecule has 20 heavy (non-hydrogen) atoms. The first-order chi connectivity index (χ1) is 9.46. The molecule has 1 saturated heterocycles. The van der Waals surface area contributed by atoms with Crippen molar-refractivity contribution in [3.8, 4) is 6.07 Å². The van der Waals surface area contributed by atoms with Crippen LogP contribution in [0.4, 0.5) is 0 Å². The zero-order chi connectivity index (χ0) is 14.8. The van der Waals surface area contributed by atoms with Gasteiger partial charge in [0.25, 0.3) is 0 Å². The largest absolute Gasteiger partial charge is 0.480 e. The molecule has 0 radical (unpaired) electrons. The van der Waals surface area contributed by atoms with Crippen molar-refractivity contribution >= 4 is 16.0 Å². The molecule has 1 atom stereocenters.